The van der Waals surface area contributed by atoms with E-state index in [4.69, 9.17) is 4.74 Å². The Hall–Kier alpha value is -3.78. The van der Waals surface area contributed by atoms with Crippen molar-refractivity contribution in [1.82, 2.24) is 4.90 Å². The minimum atomic E-state index is -0.961. The largest absolute Gasteiger partial charge is 0.489 e. The van der Waals surface area contributed by atoms with Gasteiger partial charge in [0.15, 0.2) is 0 Å². The molecule has 1 fully saturated rings. The van der Waals surface area contributed by atoms with Crippen LogP contribution >= 0.6 is 0 Å². The fraction of sp³-hybridized carbons (Fsp3) is 0.394. The highest BCUT2D eigenvalue weighted by atomic mass is 19.1. The van der Waals surface area contributed by atoms with Gasteiger partial charge in [-0.15, -0.1) is 0 Å². The molecule has 6 nitrogen and oxygen atoms in total. The Morgan fingerprint density at radius 1 is 1.15 bits per heavy atom. The van der Waals surface area contributed by atoms with Crippen molar-refractivity contribution in [2.24, 2.45) is 11.8 Å². The van der Waals surface area contributed by atoms with E-state index in [-0.39, 0.29) is 30.2 Å². The second-order valence-corrected chi connectivity index (χ2v) is 11.2. The summed E-state index contributed by atoms with van der Waals surface area (Å²) in [7, 11) is 0. The van der Waals surface area contributed by atoms with E-state index in [9.17, 15) is 23.5 Å². The monoisotopic (exact) mass is 562 g/mol. The number of aliphatic carboxylic acids is 1. The summed E-state index contributed by atoms with van der Waals surface area (Å²) in [6, 6.07) is 9.75. The van der Waals surface area contributed by atoms with Gasteiger partial charge in [0.2, 0.25) is 5.91 Å². The van der Waals surface area contributed by atoms with Gasteiger partial charge in [-0.25, -0.2) is 8.78 Å². The van der Waals surface area contributed by atoms with Crippen LogP contribution in [-0.2, 0) is 14.3 Å². The van der Waals surface area contributed by atoms with Crippen molar-refractivity contribution in [2.45, 2.75) is 52.1 Å². The quantitative estimate of drug-likeness (QED) is 0.386. The number of carboxylic acid groups (broad SMARTS) is 1. The third-order valence-corrected chi connectivity index (χ3v) is 8.47. The lowest BCUT2D eigenvalue weighted by Gasteiger charge is -2.33. The molecule has 5 rings (SSSR count). The maximum Gasteiger partial charge on any atom is 0.309 e. The van der Waals surface area contributed by atoms with E-state index in [2.05, 4.69) is 0 Å². The highest BCUT2D eigenvalue weighted by Crippen LogP contribution is 2.47. The number of halogens is 2. The SMILES string of the molecule is CCCC(C)N(C(=O)CN1C[C@H](C2=CC=C3OCC=C3C2)[C@H](C(=O)O)[C@H]1c1ccc(F)cc1)c1ccc(F)c(C)c1. The van der Waals surface area contributed by atoms with E-state index >= 15 is 0 Å². The first-order chi connectivity index (χ1) is 19.7. The van der Waals surface area contributed by atoms with Crippen LogP contribution in [0.15, 0.2) is 77.6 Å². The number of anilines is 1. The minimum Gasteiger partial charge on any atom is -0.489 e. The van der Waals surface area contributed by atoms with Crippen molar-refractivity contribution < 1.29 is 28.2 Å². The number of allylic oxidation sites excluding steroid dienone is 3. The predicted octanol–water partition coefficient (Wildman–Crippen LogP) is 6.34. The summed E-state index contributed by atoms with van der Waals surface area (Å²) >= 11 is 0. The summed E-state index contributed by atoms with van der Waals surface area (Å²) in [6.07, 6.45) is 8.06. The van der Waals surface area contributed by atoms with Crippen molar-refractivity contribution in [1.29, 1.82) is 0 Å². The molecule has 8 heteroatoms. The number of hydrogen-bond donors (Lipinski definition) is 1. The fourth-order valence-corrected chi connectivity index (χ4v) is 6.50. The van der Waals surface area contributed by atoms with Crippen LogP contribution in [0, 0.1) is 30.4 Å². The van der Waals surface area contributed by atoms with E-state index in [0.29, 0.717) is 36.4 Å². The van der Waals surface area contributed by atoms with Crippen molar-refractivity contribution in [3.8, 4) is 0 Å². The molecular weight excluding hydrogens is 526 g/mol. The average Bonchev–Trinajstić information content (AvgIpc) is 3.56. The first kappa shape index (κ1) is 28.7. The fourth-order valence-electron chi connectivity index (χ4n) is 6.50. The number of rotatable bonds is 9. The molecule has 1 aliphatic carbocycles. The standard InChI is InChI=1S/C33H36F2N2O4/c1-4-5-21(3)37(26-11-12-28(35)20(2)16-26)30(38)19-36-18-27(23-8-13-29-24(17-23)14-15-41-29)31(33(39)40)32(36)22-6-9-25(34)10-7-22/h6-14,16,21,27,31-32H,4-5,15,17-19H2,1-3H3,(H,39,40)/t21?,27-,31+,32-/m1/s1. The number of benzene rings is 2. The lowest BCUT2D eigenvalue weighted by atomic mass is 9.79. The minimum absolute atomic E-state index is 0.0347. The molecule has 4 atom stereocenters. The molecule has 0 aromatic heterocycles. The zero-order chi connectivity index (χ0) is 29.3. The third kappa shape index (κ3) is 5.84. The number of nitrogens with zero attached hydrogens (tertiary/aromatic N) is 2. The third-order valence-electron chi connectivity index (χ3n) is 8.47. The second-order valence-electron chi connectivity index (χ2n) is 11.2. The van der Waals surface area contributed by atoms with E-state index < -0.39 is 23.7 Å². The van der Waals surface area contributed by atoms with Crippen LogP contribution in [0.1, 0.15) is 50.3 Å². The van der Waals surface area contributed by atoms with Crippen molar-refractivity contribution in [3.63, 3.8) is 0 Å². The summed E-state index contributed by atoms with van der Waals surface area (Å²) in [6.45, 7) is 6.51. The number of carbonyl (C=O) groups is 2. The molecule has 0 bridgehead atoms. The van der Waals surface area contributed by atoms with Crippen LogP contribution < -0.4 is 4.90 Å². The molecule has 2 aromatic rings. The van der Waals surface area contributed by atoms with Gasteiger partial charge in [0.25, 0.3) is 0 Å². The molecule has 2 aromatic carbocycles. The normalized spacial score (nSPS) is 22.8. The maximum absolute atomic E-state index is 14.1. The van der Waals surface area contributed by atoms with Gasteiger partial charge in [0.05, 0.1) is 12.5 Å². The number of likely N-dealkylation sites (tertiary alicyclic amines) is 1. The molecule has 1 saturated heterocycles. The summed E-state index contributed by atoms with van der Waals surface area (Å²) in [4.78, 5) is 30.6. The van der Waals surface area contributed by atoms with E-state index in [1.165, 1.54) is 18.2 Å². The van der Waals surface area contributed by atoms with Gasteiger partial charge in [-0.3, -0.25) is 14.5 Å². The molecule has 2 aliphatic heterocycles. The summed E-state index contributed by atoms with van der Waals surface area (Å²) in [5.74, 6) is -2.29. The zero-order valence-corrected chi connectivity index (χ0v) is 23.6. The lowest BCUT2D eigenvalue weighted by Crippen LogP contribution is -2.45. The number of hydrogen-bond acceptors (Lipinski definition) is 4. The average molecular weight is 563 g/mol. The van der Waals surface area contributed by atoms with Gasteiger partial charge in [0, 0.05) is 30.2 Å². The second kappa shape index (κ2) is 12.0. The van der Waals surface area contributed by atoms with Gasteiger partial charge in [-0.2, -0.15) is 0 Å². The van der Waals surface area contributed by atoms with Crippen LogP contribution in [0.2, 0.25) is 0 Å². The summed E-state index contributed by atoms with van der Waals surface area (Å²) in [5.41, 5.74) is 3.73. The Labute approximate surface area is 239 Å². The number of carboxylic acids is 1. The van der Waals surface area contributed by atoms with Gasteiger partial charge in [-0.05, 0) is 85.9 Å². The van der Waals surface area contributed by atoms with E-state index in [0.717, 1.165) is 29.7 Å². The van der Waals surface area contributed by atoms with Crippen LogP contribution in [0.3, 0.4) is 0 Å². The number of ether oxygens (including phenoxy) is 1. The van der Waals surface area contributed by atoms with Gasteiger partial charge >= 0.3 is 5.97 Å². The summed E-state index contributed by atoms with van der Waals surface area (Å²) < 4.78 is 33.6. The van der Waals surface area contributed by atoms with Crippen molar-refractivity contribution in [3.05, 3.63) is 100 Å². The Kier molecular flexibility index (Phi) is 8.40. The summed E-state index contributed by atoms with van der Waals surface area (Å²) in [5, 5.41) is 10.5. The number of fused-ring (bicyclic) bond motifs is 1. The first-order valence-electron chi connectivity index (χ1n) is 14.2. The number of amides is 1. The molecule has 0 saturated carbocycles. The number of aryl methyl sites for hydroxylation is 1. The maximum atomic E-state index is 14.1. The Balaban J connectivity index is 1.51. The van der Waals surface area contributed by atoms with Gasteiger partial charge in [0.1, 0.15) is 24.0 Å². The topological polar surface area (TPSA) is 70.1 Å². The lowest BCUT2D eigenvalue weighted by molar-refractivity contribution is -0.143. The Morgan fingerprint density at radius 2 is 1.90 bits per heavy atom. The molecule has 1 unspecified atom stereocenters. The molecule has 216 valence electrons. The van der Waals surface area contributed by atoms with Crippen LogP contribution in [0.4, 0.5) is 14.5 Å². The van der Waals surface area contributed by atoms with E-state index in [1.807, 2.05) is 37.0 Å². The van der Waals surface area contributed by atoms with Crippen molar-refractivity contribution >= 4 is 17.6 Å². The molecule has 3 aliphatic rings. The molecular formula is C33H36F2N2O4. The van der Waals surface area contributed by atoms with E-state index in [1.54, 1.807) is 36.1 Å². The molecule has 41 heavy (non-hydrogen) atoms. The predicted molar refractivity (Wildman–Crippen MR) is 153 cm³/mol. The smallest absolute Gasteiger partial charge is 0.309 e. The molecule has 0 radical (unpaired) electrons. The molecule has 2 heterocycles. The van der Waals surface area contributed by atoms with Crippen LogP contribution in [0.25, 0.3) is 0 Å². The highest BCUT2D eigenvalue weighted by molar-refractivity contribution is 5.95. The van der Waals surface area contributed by atoms with Crippen LogP contribution in [-0.4, -0.2) is 47.6 Å². The zero-order valence-electron chi connectivity index (χ0n) is 23.6. The Morgan fingerprint density at radius 3 is 2.59 bits per heavy atom. The van der Waals surface area contributed by atoms with Gasteiger partial charge < -0.3 is 14.7 Å². The van der Waals surface area contributed by atoms with Crippen molar-refractivity contribution in [2.75, 3.05) is 24.6 Å². The molecule has 0 spiro atoms. The molecule has 1 amide bonds. The van der Waals surface area contributed by atoms with Gasteiger partial charge in [-0.1, -0.05) is 37.1 Å². The first-order valence-corrected chi connectivity index (χ1v) is 14.2. The van der Waals surface area contributed by atoms with Crippen LogP contribution in [0.5, 0.6) is 0 Å². The highest BCUT2D eigenvalue weighted by Gasteiger charge is 2.49. The molecule has 1 N–H and O–H groups in total. The number of carbonyl (C=O) groups excluding carboxylic acids is 1. The Bertz CT molecular complexity index is 1410.